The summed E-state index contributed by atoms with van der Waals surface area (Å²) < 4.78 is 0. The Kier molecular flexibility index (Phi) is 5.60. The van der Waals surface area contributed by atoms with Crippen LogP contribution >= 0.6 is 0 Å². The minimum absolute atomic E-state index is 0.219. The van der Waals surface area contributed by atoms with Crippen LogP contribution < -0.4 is 5.32 Å². The van der Waals surface area contributed by atoms with Crippen molar-refractivity contribution in [1.29, 1.82) is 0 Å². The van der Waals surface area contributed by atoms with Crippen molar-refractivity contribution >= 4 is 6.09 Å². The summed E-state index contributed by atoms with van der Waals surface area (Å²) in [5, 5.41) is 29.2. The van der Waals surface area contributed by atoms with Gasteiger partial charge in [-0.2, -0.15) is 0 Å². The predicted octanol–water partition coefficient (Wildman–Crippen LogP) is 0.802. The third-order valence-corrected chi connectivity index (χ3v) is 2.34. The van der Waals surface area contributed by atoms with Crippen molar-refractivity contribution in [3.05, 3.63) is 0 Å². The quantitative estimate of drug-likeness (QED) is 0.550. The highest BCUT2D eigenvalue weighted by Crippen LogP contribution is 2.22. The fraction of sp³-hybridized carbons (Fsp3) is 0.900. The highest BCUT2D eigenvalue weighted by atomic mass is 16.4. The molecule has 5 heteroatoms. The first-order valence-electron chi connectivity index (χ1n) is 5.05. The molecule has 2 atom stereocenters. The fourth-order valence-electron chi connectivity index (χ4n) is 1.18. The van der Waals surface area contributed by atoms with Crippen LogP contribution in [-0.4, -0.2) is 40.2 Å². The molecule has 0 aliphatic heterocycles. The van der Waals surface area contributed by atoms with Gasteiger partial charge in [-0.25, -0.2) is 4.79 Å². The molecule has 2 unspecified atom stereocenters. The molecular weight excluding hydrogens is 198 g/mol. The van der Waals surface area contributed by atoms with Gasteiger partial charge in [0, 0.05) is 0 Å². The normalized spacial score (nSPS) is 15.8. The first-order valence-corrected chi connectivity index (χ1v) is 5.05. The smallest absolute Gasteiger partial charge is 0.404 e. The Morgan fingerprint density at radius 3 is 2.20 bits per heavy atom. The topological polar surface area (TPSA) is 89.8 Å². The van der Waals surface area contributed by atoms with Gasteiger partial charge in [-0.15, -0.1) is 0 Å². The number of hydrogen-bond donors (Lipinski definition) is 4. The lowest BCUT2D eigenvalue weighted by Crippen LogP contribution is -2.38. The number of carboxylic acid groups (broad SMARTS) is 1. The van der Waals surface area contributed by atoms with Gasteiger partial charge in [-0.3, -0.25) is 0 Å². The number of amides is 1. The van der Waals surface area contributed by atoms with Gasteiger partial charge in [0.25, 0.3) is 0 Å². The maximum absolute atomic E-state index is 10.3. The maximum Gasteiger partial charge on any atom is 0.404 e. The Balaban J connectivity index is 3.95. The minimum atomic E-state index is -1.15. The van der Waals surface area contributed by atoms with Gasteiger partial charge >= 0.3 is 6.09 Å². The van der Waals surface area contributed by atoms with E-state index in [1.54, 1.807) is 0 Å². The summed E-state index contributed by atoms with van der Waals surface area (Å²) in [6.07, 6.45) is -0.752. The van der Waals surface area contributed by atoms with E-state index in [1.165, 1.54) is 0 Å². The highest BCUT2D eigenvalue weighted by Gasteiger charge is 2.23. The Labute approximate surface area is 90.1 Å². The third-order valence-electron chi connectivity index (χ3n) is 2.34. The van der Waals surface area contributed by atoms with Crippen molar-refractivity contribution in [2.45, 2.75) is 45.8 Å². The largest absolute Gasteiger partial charge is 0.465 e. The van der Waals surface area contributed by atoms with E-state index in [2.05, 4.69) is 5.32 Å². The standard InChI is InChI=1S/C10H21NO4/c1-10(2,3)8(13)5-4-7(6-12)11-9(14)15/h7-8,11-13H,4-6H2,1-3H3,(H,14,15). The molecule has 0 aliphatic rings. The van der Waals surface area contributed by atoms with Crippen molar-refractivity contribution in [3.63, 3.8) is 0 Å². The van der Waals surface area contributed by atoms with Crippen molar-refractivity contribution in [3.8, 4) is 0 Å². The molecule has 1 amide bonds. The molecule has 15 heavy (non-hydrogen) atoms. The van der Waals surface area contributed by atoms with Gasteiger partial charge in [0.2, 0.25) is 0 Å². The summed E-state index contributed by atoms with van der Waals surface area (Å²) in [5.74, 6) is 0. The lowest BCUT2D eigenvalue weighted by atomic mass is 9.86. The monoisotopic (exact) mass is 219 g/mol. The predicted molar refractivity (Wildman–Crippen MR) is 56.7 cm³/mol. The number of carbonyl (C=O) groups is 1. The van der Waals surface area contributed by atoms with E-state index in [4.69, 9.17) is 10.2 Å². The zero-order chi connectivity index (χ0) is 12.1. The van der Waals surface area contributed by atoms with E-state index in [0.717, 1.165) is 0 Å². The Morgan fingerprint density at radius 1 is 1.33 bits per heavy atom. The first kappa shape index (κ1) is 14.2. The number of aliphatic hydroxyl groups is 2. The molecule has 4 N–H and O–H groups in total. The van der Waals surface area contributed by atoms with Gasteiger partial charge in [0.1, 0.15) is 0 Å². The molecule has 0 aliphatic carbocycles. The highest BCUT2D eigenvalue weighted by molar-refractivity contribution is 5.64. The van der Waals surface area contributed by atoms with Crippen molar-refractivity contribution < 1.29 is 20.1 Å². The Hall–Kier alpha value is -0.810. The molecule has 0 aromatic carbocycles. The minimum Gasteiger partial charge on any atom is -0.465 e. The molecular formula is C10H21NO4. The Bertz CT molecular complexity index is 200. The second-order valence-electron chi connectivity index (χ2n) is 4.79. The van der Waals surface area contributed by atoms with Crippen LogP contribution in [0.4, 0.5) is 4.79 Å². The first-order chi connectivity index (χ1) is 6.77. The van der Waals surface area contributed by atoms with Gasteiger partial charge < -0.3 is 20.6 Å². The van der Waals surface area contributed by atoms with Crippen LogP contribution in [0.25, 0.3) is 0 Å². The second-order valence-corrected chi connectivity index (χ2v) is 4.79. The number of rotatable bonds is 5. The SMILES string of the molecule is CC(C)(C)C(O)CCC(CO)NC(=O)O. The number of nitrogens with one attached hydrogen (secondary N) is 1. The van der Waals surface area contributed by atoms with E-state index in [9.17, 15) is 9.90 Å². The van der Waals surface area contributed by atoms with Crippen LogP contribution in [-0.2, 0) is 0 Å². The summed E-state index contributed by atoms with van der Waals surface area (Å²) >= 11 is 0. The van der Waals surface area contributed by atoms with Gasteiger partial charge in [0.15, 0.2) is 0 Å². The van der Waals surface area contributed by atoms with E-state index in [0.29, 0.717) is 12.8 Å². The average molecular weight is 219 g/mol. The zero-order valence-electron chi connectivity index (χ0n) is 9.53. The summed E-state index contributed by atoms with van der Waals surface area (Å²) in [7, 11) is 0. The van der Waals surface area contributed by atoms with Gasteiger partial charge in [-0.1, -0.05) is 20.8 Å². The summed E-state index contributed by atoms with van der Waals surface area (Å²) in [5.41, 5.74) is -0.219. The zero-order valence-corrected chi connectivity index (χ0v) is 9.53. The van der Waals surface area contributed by atoms with E-state index < -0.39 is 18.2 Å². The molecule has 0 spiro atoms. The number of hydrogen-bond acceptors (Lipinski definition) is 3. The van der Waals surface area contributed by atoms with Crippen LogP contribution in [0, 0.1) is 5.41 Å². The molecule has 0 aromatic heterocycles. The molecule has 0 rings (SSSR count). The number of aliphatic hydroxyl groups excluding tert-OH is 2. The Morgan fingerprint density at radius 2 is 1.87 bits per heavy atom. The molecule has 0 saturated carbocycles. The third kappa shape index (κ3) is 6.30. The molecule has 5 nitrogen and oxygen atoms in total. The lowest BCUT2D eigenvalue weighted by Gasteiger charge is -2.27. The molecule has 0 bridgehead atoms. The second kappa shape index (κ2) is 5.92. The van der Waals surface area contributed by atoms with Crippen LogP contribution in [0.2, 0.25) is 0 Å². The fourth-order valence-corrected chi connectivity index (χ4v) is 1.18. The van der Waals surface area contributed by atoms with Crippen LogP contribution in [0.5, 0.6) is 0 Å². The van der Waals surface area contributed by atoms with Crippen LogP contribution in [0.1, 0.15) is 33.6 Å². The summed E-state index contributed by atoms with van der Waals surface area (Å²) in [4.78, 5) is 10.3. The molecule has 90 valence electrons. The van der Waals surface area contributed by atoms with Crippen molar-refractivity contribution in [1.82, 2.24) is 5.32 Å². The van der Waals surface area contributed by atoms with E-state index in [1.807, 2.05) is 20.8 Å². The van der Waals surface area contributed by atoms with Gasteiger partial charge in [-0.05, 0) is 18.3 Å². The van der Waals surface area contributed by atoms with Gasteiger partial charge in [0.05, 0.1) is 18.8 Å². The molecule has 0 heterocycles. The summed E-state index contributed by atoms with van der Waals surface area (Å²) in [6, 6.07) is -0.500. The molecule has 0 radical (unpaired) electrons. The maximum atomic E-state index is 10.3. The molecule has 0 aromatic rings. The van der Waals surface area contributed by atoms with Crippen molar-refractivity contribution in [2.75, 3.05) is 6.61 Å². The molecule has 0 saturated heterocycles. The lowest BCUT2D eigenvalue weighted by molar-refractivity contribution is 0.0492. The van der Waals surface area contributed by atoms with Crippen LogP contribution in [0.3, 0.4) is 0 Å². The van der Waals surface area contributed by atoms with Crippen LogP contribution in [0.15, 0.2) is 0 Å². The van der Waals surface area contributed by atoms with Crippen molar-refractivity contribution in [2.24, 2.45) is 5.41 Å². The summed E-state index contributed by atoms with van der Waals surface area (Å²) in [6.45, 7) is 5.49. The van der Waals surface area contributed by atoms with E-state index in [-0.39, 0.29) is 12.0 Å². The molecule has 0 fully saturated rings. The van der Waals surface area contributed by atoms with E-state index >= 15 is 0 Å². The average Bonchev–Trinajstić information content (AvgIpc) is 2.09.